The summed E-state index contributed by atoms with van der Waals surface area (Å²) < 4.78 is 0. The van der Waals surface area contributed by atoms with Gasteiger partial charge in [0.2, 0.25) is 0 Å². The standard InChI is InChI=1S/C11H12N2O2S2/c1-12-7(11(14)15)5-10-13-8(6-17-10)9-3-2-4-16-9/h2-4,6-7,12H,5H2,1H3,(H,14,15). The van der Waals surface area contributed by atoms with E-state index in [1.807, 2.05) is 22.9 Å². The quantitative estimate of drug-likeness (QED) is 0.871. The zero-order chi connectivity index (χ0) is 12.3. The average molecular weight is 268 g/mol. The van der Waals surface area contributed by atoms with E-state index < -0.39 is 12.0 Å². The first-order valence-corrected chi connectivity index (χ1v) is 6.85. The number of thiazole rings is 1. The summed E-state index contributed by atoms with van der Waals surface area (Å²) >= 11 is 3.13. The number of aliphatic carboxylic acids is 1. The third kappa shape index (κ3) is 2.91. The molecule has 0 saturated heterocycles. The largest absolute Gasteiger partial charge is 0.480 e. The summed E-state index contributed by atoms with van der Waals surface area (Å²) in [6, 6.07) is 3.42. The first-order valence-electron chi connectivity index (χ1n) is 5.09. The fourth-order valence-electron chi connectivity index (χ4n) is 1.43. The normalized spacial score (nSPS) is 12.5. The molecule has 1 unspecified atom stereocenters. The number of carbonyl (C=O) groups is 1. The van der Waals surface area contributed by atoms with Gasteiger partial charge in [0.1, 0.15) is 6.04 Å². The van der Waals surface area contributed by atoms with E-state index in [4.69, 9.17) is 5.11 Å². The van der Waals surface area contributed by atoms with Crippen LogP contribution in [0.4, 0.5) is 0 Å². The van der Waals surface area contributed by atoms with Crippen LogP contribution in [0, 0.1) is 0 Å². The van der Waals surface area contributed by atoms with Gasteiger partial charge in [-0.3, -0.25) is 4.79 Å². The molecule has 90 valence electrons. The number of hydrogen-bond donors (Lipinski definition) is 2. The van der Waals surface area contributed by atoms with Gasteiger partial charge in [-0.1, -0.05) is 6.07 Å². The van der Waals surface area contributed by atoms with Crippen molar-refractivity contribution in [2.75, 3.05) is 7.05 Å². The van der Waals surface area contributed by atoms with Crippen LogP contribution in [0.5, 0.6) is 0 Å². The van der Waals surface area contributed by atoms with E-state index in [2.05, 4.69) is 10.3 Å². The van der Waals surface area contributed by atoms with Crippen molar-refractivity contribution in [1.82, 2.24) is 10.3 Å². The van der Waals surface area contributed by atoms with Crippen LogP contribution in [0.15, 0.2) is 22.9 Å². The van der Waals surface area contributed by atoms with Gasteiger partial charge in [0.15, 0.2) is 0 Å². The summed E-state index contributed by atoms with van der Waals surface area (Å²) in [6.45, 7) is 0. The van der Waals surface area contributed by atoms with E-state index in [-0.39, 0.29) is 0 Å². The minimum atomic E-state index is -0.847. The van der Waals surface area contributed by atoms with Crippen LogP contribution in [-0.2, 0) is 11.2 Å². The van der Waals surface area contributed by atoms with Crippen molar-refractivity contribution in [3.05, 3.63) is 27.9 Å². The molecule has 17 heavy (non-hydrogen) atoms. The number of carboxylic acid groups (broad SMARTS) is 1. The molecule has 6 heteroatoms. The summed E-state index contributed by atoms with van der Waals surface area (Å²) in [6.07, 6.45) is 0.419. The number of thiophene rings is 1. The number of likely N-dealkylation sites (N-methyl/N-ethyl adjacent to an activating group) is 1. The summed E-state index contributed by atoms with van der Waals surface area (Å²) in [4.78, 5) is 16.4. The predicted octanol–water partition coefficient (Wildman–Crippen LogP) is 2.09. The molecule has 0 aliphatic heterocycles. The Hall–Kier alpha value is -1.24. The molecular formula is C11H12N2O2S2. The van der Waals surface area contributed by atoms with Crippen molar-refractivity contribution < 1.29 is 9.90 Å². The van der Waals surface area contributed by atoms with E-state index in [0.29, 0.717) is 6.42 Å². The SMILES string of the molecule is CNC(Cc1nc(-c2cccs2)cs1)C(=O)O. The molecule has 2 N–H and O–H groups in total. The second kappa shape index (κ2) is 5.39. The van der Waals surface area contributed by atoms with Gasteiger partial charge in [0.25, 0.3) is 0 Å². The Bertz CT molecular complexity index is 493. The highest BCUT2D eigenvalue weighted by molar-refractivity contribution is 7.14. The number of nitrogens with zero attached hydrogens (tertiary/aromatic N) is 1. The molecule has 1 atom stereocenters. The van der Waals surface area contributed by atoms with E-state index in [9.17, 15) is 4.79 Å². The predicted molar refractivity (Wildman–Crippen MR) is 69.6 cm³/mol. The van der Waals surface area contributed by atoms with Crippen molar-refractivity contribution in [2.45, 2.75) is 12.5 Å². The third-order valence-corrected chi connectivity index (χ3v) is 4.11. The third-order valence-electron chi connectivity index (χ3n) is 2.35. The van der Waals surface area contributed by atoms with Gasteiger partial charge in [-0.2, -0.15) is 0 Å². The second-order valence-electron chi connectivity index (χ2n) is 3.49. The number of aromatic nitrogens is 1. The van der Waals surface area contributed by atoms with Gasteiger partial charge in [-0.15, -0.1) is 22.7 Å². The van der Waals surface area contributed by atoms with Crippen molar-refractivity contribution in [3.63, 3.8) is 0 Å². The molecule has 2 rings (SSSR count). The minimum absolute atomic E-state index is 0.419. The Morgan fingerprint density at radius 1 is 1.59 bits per heavy atom. The van der Waals surface area contributed by atoms with E-state index >= 15 is 0 Å². The summed E-state index contributed by atoms with van der Waals surface area (Å²) in [7, 11) is 1.65. The molecule has 0 amide bonds. The van der Waals surface area contributed by atoms with Crippen molar-refractivity contribution in [2.24, 2.45) is 0 Å². The molecule has 0 aromatic carbocycles. The van der Waals surface area contributed by atoms with Gasteiger partial charge in [-0.25, -0.2) is 4.98 Å². The van der Waals surface area contributed by atoms with Gasteiger partial charge in [0, 0.05) is 11.8 Å². The molecule has 0 aliphatic rings. The van der Waals surface area contributed by atoms with Crippen molar-refractivity contribution in [1.29, 1.82) is 0 Å². The number of carboxylic acids is 1. The zero-order valence-electron chi connectivity index (χ0n) is 9.21. The fourth-order valence-corrected chi connectivity index (χ4v) is 3.03. The lowest BCUT2D eigenvalue weighted by atomic mass is 10.2. The van der Waals surface area contributed by atoms with Crippen LogP contribution in [0.2, 0.25) is 0 Å². The van der Waals surface area contributed by atoms with Crippen LogP contribution in [0.1, 0.15) is 5.01 Å². The molecule has 2 aromatic heterocycles. The second-order valence-corrected chi connectivity index (χ2v) is 5.38. The lowest BCUT2D eigenvalue weighted by molar-refractivity contribution is -0.139. The highest BCUT2D eigenvalue weighted by atomic mass is 32.1. The summed E-state index contributed by atoms with van der Waals surface area (Å²) in [5.41, 5.74) is 0.931. The molecular weight excluding hydrogens is 256 g/mol. The highest BCUT2D eigenvalue weighted by Crippen LogP contribution is 2.26. The maximum Gasteiger partial charge on any atom is 0.321 e. The van der Waals surface area contributed by atoms with Gasteiger partial charge in [0.05, 0.1) is 15.6 Å². The van der Waals surface area contributed by atoms with Gasteiger partial charge < -0.3 is 10.4 Å². The molecule has 2 aromatic rings. The molecule has 0 aliphatic carbocycles. The molecule has 0 fully saturated rings. The first-order chi connectivity index (χ1) is 8.20. The lowest BCUT2D eigenvalue weighted by Gasteiger charge is -2.07. The van der Waals surface area contributed by atoms with Crippen LogP contribution in [0.3, 0.4) is 0 Å². The maximum atomic E-state index is 10.9. The molecule has 2 heterocycles. The Kier molecular flexibility index (Phi) is 3.88. The smallest absolute Gasteiger partial charge is 0.321 e. The topological polar surface area (TPSA) is 62.2 Å². The zero-order valence-corrected chi connectivity index (χ0v) is 10.8. The van der Waals surface area contributed by atoms with Gasteiger partial charge in [-0.05, 0) is 18.5 Å². The molecule has 0 spiro atoms. The maximum absolute atomic E-state index is 10.9. The molecule has 0 bridgehead atoms. The summed E-state index contributed by atoms with van der Waals surface area (Å²) in [5, 5.41) is 16.5. The van der Waals surface area contributed by atoms with E-state index in [1.54, 1.807) is 18.4 Å². The molecule has 4 nitrogen and oxygen atoms in total. The number of nitrogens with one attached hydrogen (secondary N) is 1. The number of hydrogen-bond acceptors (Lipinski definition) is 5. The van der Waals surface area contributed by atoms with Crippen molar-refractivity contribution in [3.8, 4) is 10.6 Å². The Labute approximate surface area is 107 Å². The van der Waals surface area contributed by atoms with Crippen LogP contribution < -0.4 is 5.32 Å². The highest BCUT2D eigenvalue weighted by Gasteiger charge is 2.17. The Morgan fingerprint density at radius 2 is 2.41 bits per heavy atom. The fraction of sp³-hybridized carbons (Fsp3) is 0.273. The summed E-state index contributed by atoms with van der Waals surface area (Å²) in [5.74, 6) is -0.847. The lowest BCUT2D eigenvalue weighted by Crippen LogP contribution is -2.35. The minimum Gasteiger partial charge on any atom is -0.480 e. The van der Waals surface area contributed by atoms with Crippen LogP contribution >= 0.6 is 22.7 Å². The Balaban J connectivity index is 2.11. The van der Waals surface area contributed by atoms with Gasteiger partial charge >= 0.3 is 5.97 Å². The first kappa shape index (κ1) is 12.2. The van der Waals surface area contributed by atoms with Crippen LogP contribution in [0.25, 0.3) is 10.6 Å². The average Bonchev–Trinajstić information content (AvgIpc) is 2.95. The molecule has 0 radical (unpaired) electrons. The molecule has 0 saturated carbocycles. The monoisotopic (exact) mass is 268 g/mol. The van der Waals surface area contributed by atoms with Crippen LogP contribution in [-0.4, -0.2) is 29.1 Å². The van der Waals surface area contributed by atoms with Crippen molar-refractivity contribution >= 4 is 28.6 Å². The van der Waals surface area contributed by atoms with E-state index in [1.165, 1.54) is 11.3 Å². The number of rotatable bonds is 5. The Morgan fingerprint density at radius 3 is 3.00 bits per heavy atom. The van der Waals surface area contributed by atoms with E-state index in [0.717, 1.165) is 15.6 Å².